The van der Waals surface area contributed by atoms with E-state index in [1.165, 1.54) is 5.56 Å². The molecule has 1 unspecified atom stereocenters. The average Bonchev–Trinajstić information content (AvgIpc) is 2.04. The van der Waals surface area contributed by atoms with Gasteiger partial charge in [-0.1, -0.05) is 32.9 Å². The number of nitrogens with two attached hydrogens (primary N) is 1. The first-order chi connectivity index (χ1) is 5.61. The van der Waals surface area contributed by atoms with Crippen LogP contribution in [0.4, 0.5) is 5.69 Å². The van der Waals surface area contributed by atoms with E-state index in [0.29, 0.717) is 11.8 Å². The lowest BCUT2D eigenvalue weighted by molar-refractivity contribution is 0.535. The van der Waals surface area contributed by atoms with Crippen molar-refractivity contribution in [3.8, 4) is 0 Å². The molecule has 12 heavy (non-hydrogen) atoms. The fraction of sp³-hybridized carbons (Fsp3) is 0.455. The quantitative estimate of drug-likeness (QED) is 0.666. The van der Waals surface area contributed by atoms with E-state index in [0.717, 1.165) is 5.69 Å². The normalized spacial score (nSPS) is 13.3. The van der Waals surface area contributed by atoms with E-state index >= 15 is 0 Å². The number of rotatable bonds is 2. The molecule has 0 aliphatic rings. The molecular formula is C11H17N. The monoisotopic (exact) mass is 163 g/mol. The highest BCUT2D eigenvalue weighted by Crippen LogP contribution is 2.23. The molecule has 0 heterocycles. The minimum Gasteiger partial charge on any atom is -0.399 e. The summed E-state index contributed by atoms with van der Waals surface area (Å²) < 4.78 is 0. The van der Waals surface area contributed by atoms with E-state index in [4.69, 9.17) is 5.73 Å². The Hall–Kier alpha value is -0.980. The second kappa shape index (κ2) is 3.61. The van der Waals surface area contributed by atoms with Crippen LogP contribution in [0.15, 0.2) is 24.3 Å². The number of anilines is 1. The van der Waals surface area contributed by atoms with Crippen LogP contribution in [-0.4, -0.2) is 0 Å². The van der Waals surface area contributed by atoms with Crippen LogP contribution >= 0.6 is 0 Å². The van der Waals surface area contributed by atoms with Crippen molar-refractivity contribution in [2.24, 2.45) is 5.92 Å². The molecule has 0 aliphatic carbocycles. The summed E-state index contributed by atoms with van der Waals surface area (Å²) >= 11 is 0. The van der Waals surface area contributed by atoms with Gasteiger partial charge in [0.05, 0.1) is 0 Å². The third kappa shape index (κ3) is 2.00. The van der Waals surface area contributed by atoms with Crippen molar-refractivity contribution in [3.63, 3.8) is 0 Å². The molecule has 1 nitrogen and oxygen atoms in total. The molecular weight excluding hydrogens is 146 g/mol. The first-order valence-corrected chi connectivity index (χ1v) is 4.46. The Labute approximate surface area is 74.6 Å². The lowest BCUT2D eigenvalue weighted by atomic mass is 9.90. The zero-order valence-electron chi connectivity index (χ0n) is 8.04. The van der Waals surface area contributed by atoms with Gasteiger partial charge in [-0.2, -0.15) is 0 Å². The number of hydrogen-bond acceptors (Lipinski definition) is 1. The Balaban J connectivity index is 2.82. The molecule has 1 aromatic carbocycles. The Morgan fingerprint density at radius 1 is 1.00 bits per heavy atom. The Morgan fingerprint density at radius 3 is 1.92 bits per heavy atom. The summed E-state index contributed by atoms with van der Waals surface area (Å²) in [7, 11) is 0. The van der Waals surface area contributed by atoms with Gasteiger partial charge in [0.1, 0.15) is 0 Å². The molecule has 0 amide bonds. The van der Waals surface area contributed by atoms with E-state index in [2.05, 4.69) is 32.9 Å². The summed E-state index contributed by atoms with van der Waals surface area (Å²) in [5.41, 5.74) is 7.82. The largest absolute Gasteiger partial charge is 0.399 e. The molecule has 66 valence electrons. The second-order valence-corrected chi connectivity index (χ2v) is 3.70. The highest BCUT2D eigenvalue weighted by molar-refractivity contribution is 5.40. The molecule has 2 N–H and O–H groups in total. The summed E-state index contributed by atoms with van der Waals surface area (Å²) in [6.45, 7) is 6.72. The molecule has 0 bridgehead atoms. The minimum absolute atomic E-state index is 0.616. The zero-order valence-corrected chi connectivity index (χ0v) is 8.04. The Bertz CT molecular complexity index is 236. The van der Waals surface area contributed by atoms with Crippen molar-refractivity contribution in [3.05, 3.63) is 29.8 Å². The van der Waals surface area contributed by atoms with Gasteiger partial charge in [-0.15, -0.1) is 0 Å². The van der Waals surface area contributed by atoms with E-state index in [1.807, 2.05) is 12.1 Å². The Kier molecular flexibility index (Phi) is 2.74. The van der Waals surface area contributed by atoms with E-state index in [9.17, 15) is 0 Å². The van der Waals surface area contributed by atoms with Crippen molar-refractivity contribution >= 4 is 5.69 Å². The summed E-state index contributed by atoms with van der Waals surface area (Å²) in [5.74, 6) is 1.30. The van der Waals surface area contributed by atoms with Gasteiger partial charge in [-0.3, -0.25) is 0 Å². The van der Waals surface area contributed by atoms with Crippen LogP contribution in [0.25, 0.3) is 0 Å². The highest BCUT2D eigenvalue weighted by atomic mass is 14.5. The van der Waals surface area contributed by atoms with Gasteiger partial charge in [0.15, 0.2) is 0 Å². The van der Waals surface area contributed by atoms with Crippen LogP contribution < -0.4 is 5.73 Å². The summed E-state index contributed by atoms with van der Waals surface area (Å²) in [4.78, 5) is 0. The van der Waals surface area contributed by atoms with Gasteiger partial charge in [-0.05, 0) is 29.5 Å². The van der Waals surface area contributed by atoms with Crippen LogP contribution in [0.1, 0.15) is 32.3 Å². The van der Waals surface area contributed by atoms with Crippen molar-refractivity contribution in [1.82, 2.24) is 0 Å². The van der Waals surface area contributed by atoms with E-state index < -0.39 is 0 Å². The maximum Gasteiger partial charge on any atom is 0.0314 e. The maximum absolute atomic E-state index is 5.60. The number of hydrogen-bond donors (Lipinski definition) is 1. The summed E-state index contributed by atoms with van der Waals surface area (Å²) in [5, 5.41) is 0. The first-order valence-electron chi connectivity index (χ1n) is 4.46. The van der Waals surface area contributed by atoms with Gasteiger partial charge in [0, 0.05) is 5.69 Å². The molecule has 1 heteroatoms. The fourth-order valence-corrected chi connectivity index (χ4v) is 1.18. The molecule has 0 spiro atoms. The van der Waals surface area contributed by atoms with Crippen molar-refractivity contribution in [2.75, 3.05) is 5.73 Å². The summed E-state index contributed by atoms with van der Waals surface area (Å²) in [6.07, 6.45) is 0. The van der Waals surface area contributed by atoms with Crippen molar-refractivity contribution < 1.29 is 0 Å². The lowest BCUT2D eigenvalue weighted by Gasteiger charge is -2.15. The third-order valence-corrected chi connectivity index (χ3v) is 2.46. The first kappa shape index (κ1) is 9.11. The van der Waals surface area contributed by atoms with Crippen LogP contribution in [0.2, 0.25) is 0 Å². The molecule has 1 atom stereocenters. The third-order valence-electron chi connectivity index (χ3n) is 2.46. The second-order valence-electron chi connectivity index (χ2n) is 3.70. The average molecular weight is 163 g/mol. The smallest absolute Gasteiger partial charge is 0.0314 e. The molecule has 0 saturated heterocycles. The fourth-order valence-electron chi connectivity index (χ4n) is 1.18. The predicted molar refractivity (Wildman–Crippen MR) is 54.1 cm³/mol. The topological polar surface area (TPSA) is 26.0 Å². The van der Waals surface area contributed by atoms with Crippen LogP contribution in [0, 0.1) is 5.92 Å². The Morgan fingerprint density at radius 2 is 1.50 bits per heavy atom. The van der Waals surface area contributed by atoms with E-state index in [-0.39, 0.29) is 0 Å². The standard InChI is InChI=1S/C11H17N/c1-8(2)9(3)10-4-6-11(12)7-5-10/h4-9H,12H2,1-3H3. The minimum atomic E-state index is 0.616. The highest BCUT2D eigenvalue weighted by Gasteiger charge is 2.08. The SMILES string of the molecule is CC(C)C(C)c1ccc(N)cc1. The number of nitrogen functional groups attached to an aromatic ring is 1. The van der Waals surface area contributed by atoms with Crippen molar-refractivity contribution in [1.29, 1.82) is 0 Å². The molecule has 0 saturated carbocycles. The molecule has 1 rings (SSSR count). The van der Waals surface area contributed by atoms with Crippen LogP contribution in [0.5, 0.6) is 0 Å². The molecule has 0 aliphatic heterocycles. The van der Waals surface area contributed by atoms with Gasteiger partial charge >= 0.3 is 0 Å². The predicted octanol–water partition coefficient (Wildman–Crippen LogP) is 3.03. The number of benzene rings is 1. The summed E-state index contributed by atoms with van der Waals surface area (Å²) in [6, 6.07) is 8.16. The molecule has 0 radical (unpaired) electrons. The lowest BCUT2D eigenvalue weighted by Crippen LogP contribution is -2.01. The molecule has 1 aromatic rings. The van der Waals surface area contributed by atoms with Gasteiger partial charge < -0.3 is 5.73 Å². The van der Waals surface area contributed by atoms with Crippen LogP contribution in [-0.2, 0) is 0 Å². The maximum atomic E-state index is 5.60. The van der Waals surface area contributed by atoms with Crippen molar-refractivity contribution in [2.45, 2.75) is 26.7 Å². The molecule has 0 fully saturated rings. The van der Waals surface area contributed by atoms with Crippen LogP contribution in [0.3, 0.4) is 0 Å². The zero-order chi connectivity index (χ0) is 9.14. The molecule has 0 aromatic heterocycles. The van der Waals surface area contributed by atoms with Gasteiger partial charge in [0.25, 0.3) is 0 Å². The van der Waals surface area contributed by atoms with Gasteiger partial charge in [-0.25, -0.2) is 0 Å². The van der Waals surface area contributed by atoms with Gasteiger partial charge in [0.2, 0.25) is 0 Å². The van der Waals surface area contributed by atoms with E-state index in [1.54, 1.807) is 0 Å².